The van der Waals surface area contributed by atoms with E-state index in [4.69, 9.17) is 24.1 Å². The number of esters is 1. The molecule has 1 aliphatic heterocycles. The van der Waals surface area contributed by atoms with Crippen LogP contribution >= 0.6 is 0 Å². The van der Waals surface area contributed by atoms with Crippen LogP contribution in [-0.2, 0) is 44.5 Å². The Hall–Kier alpha value is -3.41. The second kappa shape index (κ2) is 17.3. The van der Waals surface area contributed by atoms with E-state index in [-0.39, 0.29) is 44.4 Å². The van der Waals surface area contributed by atoms with Gasteiger partial charge in [-0.15, -0.1) is 0 Å². The van der Waals surface area contributed by atoms with Crippen LogP contribution in [0.3, 0.4) is 0 Å². The number of hydrogen-bond acceptors (Lipinski definition) is 10. The number of amides is 2. The van der Waals surface area contributed by atoms with Crippen molar-refractivity contribution in [3.05, 3.63) is 48.0 Å². The van der Waals surface area contributed by atoms with Crippen LogP contribution in [0.1, 0.15) is 39.2 Å². The monoisotopic (exact) mass is 561 g/mol. The highest BCUT2D eigenvalue weighted by atomic mass is 16.6. The number of carbonyl (C=O) groups excluding carboxylic acids is 5. The molecule has 0 unspecified atom stereocenters. The molecule has 1 aliphatic rings. The molecule has 1 saturated heterocycles. The molecule has 2 rings (SSSR count). The molecule has 11 nitrogen and oxygen atoms in total. The molecule has 220 valence electrons. The van der Waals surface area contributed by atoms with Gasteiger partial charge < -0.3 is 24.1 Å². The minimum absolute atomic E-state index is 0.0130. The number of aliphatic hydroxyl groups excluding tert-OH is 1. The fourth-order valence-corrected chi connectivity index (χ4v) is 4.16. The smallest absolute Gasteiger partial charge is 0.416 e. The molecule has 2 amide bonds. The second-order valence-corrected chi connectivity index (χ2v) is 9.68. The molecule has 0 spiro atoms. The first kappa shape index (κ1) is 32.8. The highest BCUT2D eigenvalue weighted by Crippen LogP contribution is 2.27. The molecule has 0 aromatic heterocycles. The van der Waals surface area contributed by atoms with Gasteiger partial charge in [0.2, 0.25) is 5.91 Å². The lowest BCUT2D eigenvalue weighted by Gasteiger charge is -2.30. The minimum Gasteiger partial charge on any atom is -0.453 e. The van der Waals surface area contributed by atoms with E-state index < -0.39 is 41.8 Å². The van der Waals surface area contributed by atoms with Gasteiger partial charge in [-0.1, -0.05) is 44.2 Å². The van der Waals surface area contributed by atoms with Crippen LogP contribution in [0.2, 0.25) is 0 Å². The third-order valence-corrected chi connectivity index (χ3v) is 6.22. The molecule has 1 aromatic carbocycles. The molecule has 0 bridgehead atoms. The van der Waals surface area contributed by atoms with E-state index in [9.17, 15) is 24.0 Å². The fraction of sp³-hybridized carbons (Fsp3) is 0.552. The van der Waals surface area contributed by atoms with Gasteiger partial charge in [0.1, 0.15) is 6.61 Å². The summed E-state index contributed by atoms with van der Waals surface area (Å²) in [5.41, 5.74) is 0.696. The predicted octanol–water partition coefficient (Wildman–Crippen LogP) is 2.28. The number of imide groups is 1. The second-order valence-electron chi connectivity index (χ2n) is 9.68. The molecular weight excluding hydrogens is 522 g/mol. The summed E-state index contributed by atoms with van der Waals surface area (Å²) in [6, 6.07) is 8.32. The Labute approximate surface area is 234 Å². The summed E-state index contributed by atoms with van der Waals surface area (Å²) >= 11 is 0. The normalized spacial score (nSPS) is 16.7. The van der Waals surface area contributed by atoms with Gasteiger partial charge in [0.15, 0.2) is 17.7 Å². The summed E-state index contributed by atoms with van der Waals surface area (Å²) in [6.07, 6.45) is 0.261. The van der Waals surface area contributed by atoms with Crippen molar-refractivity contribution in [2.45, 2.75) is 52.2 Å². The minimum atomic E-state index is -1.56. The van der Waals surface area contributed by atoms with Crippen LogP contribution < -0.4 is 0 Å². The summed E-state index contributed by atoms with van der Waals surface area (Å²) in [5.74, 6) is -3.90. The SMILES string of the molecule is CC(=O)O[C@H](C(=O)C=CC(=O)CCCOCCOCCO)[C@@H](Cc1ccccc1)C(=O)N1C(=O)OC[C@@H]1C(C)C. The number of hydrogen-bond donors (Lipinski definition) is 1. The maximum atomic E-state index is 13.8. The van der Waals surface area contributed by atoms with Crippen LogP contribution in [0, 0.1) is 11.8 Å². The molecule has 1 aromatic rings. The number of aliphatic hydroxyl groups is 1. The summed E-state index contributed by atoms with van der Waals surface area (Å²) in [6.45, 7) is 5.96. The average molecular weight is 562 g/mol. The van der Waals surface area contributed by atoms with Gasteiger partial charge in [-0.25, -0.2) is 9.69 Å². The first-order valence-electron chi connectivity index (χ1n) is 13.4. The highest BCUT2D eigenvalue weighted by molar-refractivity contribution is 6.04. The number of benzene rings is 1. The summed E-state index contributed by atoms with van der Waals surface area (Å²) in [7, 11) is 0. The van der Waals surface area contributed by atoms with E-state index in [1.54, 1.807) is 30.3 Å². The van der Waals surface area contributed by atoms with E-state index >= 15 is 0 Å². The van der Waals surface area contributed by atoms with Crippen molar-refractivity contribution in [1.82, 2.24) is 4.90 Å². The molecule has 1 fully saturated rings. The molecule has 0 radical (unpaired) electrons. The molecule has 11 heteroatoms. The van der Waals surface area contributed by atoms with Crippen molar-refractivity contribution < 1.29 is 48.0 Å². The Morgan fingerprint density at radius 3 is 2.35 bits per heavy atom. The van der Waals surface area contributed by atoms with Crippen LogP contribution in [0.15, 0.2) is 42.5 Å². The van der Waals surface area contributed by atoms with Crippen molar-refractivity contribution in [3.63, 3.8) is 0 Å². The fourth-order valence-electron chi connectivity index (χ4n) is 4.16. The topological polar surface area (TPSA) is 146 Å². The molecule has 3 atom stereocenters. The van der Waals surface area contributed by atoms with Gasteiger partial charge >= 0.3 is 12.1 Å². The third-order valence-electron chi connectivity index (χ3n) is 6.22. The van der Waals surface area contributed by atoms with Crippen molar-refractivity contribution in [1.29, 1.82) is 0 Å². The maximum absolute atomic E-state index is 13.8. The van der Waals surface area contributed by atoms with Gasteiger partial charge in [-0.3, -0.25) is 19.2 Å². The number of allylic oxidation sites excluding steroid dienone is 1. The quantitative estimate of drug-likeness (QED) is 0.161. The Balaban J connectivity index is 2.16. The van der Waals surface area contributed by atoms with E-state index in [2.05, 4.69) is 0 Å². The predicted molar refractivity (Wildman–Crippen MR) is 143 cm³/mol. The lowest BCUT2D eigenvalue weighted by atomic mass is 9.89. The summed E-state index contributed by atoms with van der Waals surface area (Å²) < 4.78 is 20.9. The lowest BCUT2D eigenvalue weighted by Crippen LogP contribution is -2.50. The van der Waals surface area contributed by atoms with Gasteiger partial charge in [-0.05, 0) is 36.5 Å². The van der Waals surface area contributed by atoms with Crippen LogP contribution in [0.5, 0.6) is 0 Å². The summed E-state index contributed by atoms with van der Waals surface area (Å²) in [4.78, 5) is 64.9. The van der Waals surface area contributed by atoms with Gasteiger partial charge in [0.25, 0.3) is 0 Å². The van der Waals surface area contributed by atoms with Crippen molar-refractivity contribution in [3.8, 4) is 0 Å². The van der Waals surface area contributed by atoms with E-state index in [0.717, 1.165) is 24.0 Å². The van der Waals surface area contributed by atoms with Gasteiger partial charge in [0.05, 0.1) is 38.4 Å². The zero-order chi connectivity index (χ0) is 29.5. The van der Waals surface area contributed by atoms with Crippen molar-refractivity contribution in [2.75, 3.05) is 39.6 Å². The third kappa shape index (κ3) is 10.6. The van der Waals surface area contributed by atoms with Crippen molar-refractivity contribution in [2.24, 2.45) is 11.8 Å². The van der Waals surface area contributed by atoms with Crippen LogP contribution in [0.4, 0.5) is 4.79 Å². The summed E-state index contributed by atoms with van der Waals surface area (Å²) in [5, 5.41) is 8.65. The molecular formula is C29H39NO10. The first-order chi connectivity index (χ1) is 19.1. The Bertz CT molecular complexity index is 1020. The largest absolute Gasteiger partial charge is 0.453 e. The van der Waals surface area contributed by atoms with E-state index in [1.165, 1.54) is 0 Å². The number of rotatable bonds is 18. The van der Waals surface area contributed by atoms with Crippen LogP contribution in [-0.4, -0.2) is 91.3 Å². The number of carbonyl (C=O) groups is 5. The first-order valence-corrected chi connectivity index (χ1v) is 13.4. The molecule has 40 heavy (non-hydrogen) atoms. The average Bonchev–Trinajstić information content (AvgIpc) is 3.32. The molecule has 0 aliphatic carbocycles. The standard InChI is InChI=1S/C29H39NO10/c1-20(2)25-19-39-29(36)30(25)28(35)24(18-22-8-5-4-6-9-22)27(40-21(3)32)26(34)12-11-23(33)10-7-14-37-16-17-38-15-13-31/h4-6,8-9,11-12,20,24-25,27,31H,7,10,13-19H2,1-3H3/t24-,25-,27+/m1/s1. The Morgan fingerprint density at radius 2 is 1.73 bits per heavy atom. The van der Waals surface area contributed by atoms with Crippen molar-refractivity contribution >= 4 is 29.5 Å². The Morgan fingerprint density at radius 1 is 1.05 bits per heavy atom. The Kier molecular flexibility index (Phi) is 14.2. The van der Waals surface area contributed by atoms with Crippen LogP contribution in [0.25, 0.3) is 0 Å². The zero-order valence-electron chi connectivity index (χ0n) is 23.3. The number of cyclic esters (lactones) is 1. The zero-order valence-corrected chi connectivity index (χ0v) is 23.3. The van der Waals surface area contributed by atoms with Gasteiger partial charge in [0, 0.05) is 20.0 Å². The van der Waals surface area contributed by atoms with E-state index in [1.807, 2.05) is 13.8 Å². The molecule has 1 N–H and O–H groups in total. The van der Waals surface area contributed by atoms with Gasteiger partial charge in [-0.2, -0.15) is 0 Å². The number of nitrogens with zero attached hydrogens (tertiary/aromatic N) is 1. The maximum Gasteiger partial charge on any atom is 0.416 e. The lowest BCUT2D eigenvalue weighted by molar-refractivity contribution is -0.159. The van der Waals surface area contributed by atoms with E-state index in [0.29, 0.717) is 31.8 Å². The number of ketones is 2. The molecule has 0 saturated carbocycles. The highest BCUT2D eigenvalue weighted by Gasteiger charge is 2.46. The molecule has 1 heterocycles. The number of ether oxygens (including phenoxy) is 4.